The minimum Gasteiger partial charge on any atom is -0.208 e. The monoisotopic (exact) mass is 229 g/mol. The molecule has 3 nitrogen and oxygen atoms in total. The van der Waals surface area contributed by atoms with Gasteiger partial charge in [-0.3, -0.25) is 0 Å². The lowest BCUT2D eigenvalue weighted by Gasteiger charge is -2.19. The minimum atomic E-state index is 0.241. The number of halogens is 1. The average molecular weight is 230 g/mol. The van der Waals surface area contributed by atoms with Gasteiger partial charge in [0.2, 0.25) is 5.28 Å². The lowest BCUT2D eigenvalue weighted by atomic mass is 10.0. The van der Waals surface area contributed by atoms with Gasteiger partial charge in [0.1, 0.15) is 5.03 Å². The maximum Gasteiger partial charge on any atom is 0.244 e. The second kappa shape index (κ2) is 4.94. The fourth-order valence-electron chi connectivity index (χ4n) is 1.68. The van der Waals surface area contributed by atoms with Gasteiger partial charge >= 0.3 is 0 Å². The van der Waals surface area contributed by atoms with E-state index in [0.29, 0.717) is 5.25 Å². The van der Waals surface area contributed by atoms with Crippen molar-refractivity contribution in [3.05, 3.63) is 11.5 Å². The molecule has 14 heavy (non-hydrogen) atoms. The van der Waals surface area contributed by atoms with Crippen molar-refractivity contribution in [2.24, 2.45) is 0 Å². The third kappa shape index (κ3) is 2.82. The molecular formula is C9H12ClN3S. The van der Waals surface area contributed by atoms with Crippen molar-refractivity contribution < 1.29 is 0 Å². The summed E-state index contributed by atoms with van der Waals surface area (Å²) >= 11 is 7.45. The highest BCUT2D eigenvalue weighted by molar-refractivity contribution is 7.99. The molecule has 0 saturated heterocycles. The van der Waals surface area contributed by atoms with Gasteiger partial charge in [-0.05, 0) is 24.4 Å². The van der Waals surface area contributed by atoms with Gasteiger partial charge in [-0.2, -0.15) is 5.10 Å². The molecule has 0 spiro atoms. The molecule has 2 rings (SSSR count). The van der Waals surface area contributed by atoms with E-state index in [1.807, 2.05) is 0 Å². The van der Waals surface area contributed by atoms with E-state index in [4.69, 9.17) is 11.6 Å². The molecule has 0 aliphatic heterocycles. The molecule has 0 unspecified atom stereocenters. The van der Waals surface area contributed by atoms with Crippen LogP contribution in [0.1, 0.15) is 32.1 Å². The quantitative estimate of drug-likeness (QED) is 0.782. The van der Waals surface area contributed by atoms with E-state index in [2.05, 4.69) is 15.2 Å². The summed E-state index contributed by atoms with van der Waals surface area (Å²) in [4.78, 5) is 4.12. The summed E-state index contributed by atoms with van der Waals surface area (Å²) < 4.78 is 0. The van der Waals surface area contributed by atoms with Crippen LogP contribution in [0.5, 0.6) is 0 Å². The minimum absolute atomic E-state index is 0.241. The van der Waals surface area contributed by atoms with Crippen molar-refractivity contribution in [1.82, 2.24) is 15.2 Å². The Morgan fingerprint density at radius 3 is 2.79 bits per heavy atom. The number of nitrogens with zero attached hydrogens (tertiary/aromatic N) is 3. The molecule has 1 fully saturated rings. The smallest absolute Gasteiger partial charge is 0.208 e. The van der Waals surface area contributed by atoms with Crippen LogP contribution in [0, 0.1) is 0 Å². The van der Waals surface area contributed by atoms with Crippen LogP contribution in [0.4, 0.5) is 0 Å². The fraction of sp³-hybridized carbons (Fsp3) is 0.667. The zero-order valence-electron chi connectivity index (χ0n) is 7.82. The number of hydrogen-bond donors (Lipinski definition) is 0. The summed E-state index contributed by atoms with van der Waals surface area (Å²) in [6.07, 6.45) is 8.30. The topological polar surface area (TPSA) is 38.7 Å². The van der Waals surface area contributed by atoms with Crippen molar-refractivity contribution >= 4 is 23.4 Å². The van der Waals surface area contributed by atoms with E-state index in [9.17, 15) is 0 Å². The molecule has 76 valence electrons. The highest BCUT2D eigenvalue weighted by atomic mass is 35.5. The van der Waals surface area contributed by atoms with Crippen molar-refractivity contribution in [3.8, 4) is 0 Å². The van der Waals surface area contributed by atoms with E-state index >= 15 is 0 Å². The molecule has 0 bridgehead atoms. The molecule has 0 N–H and O–H groups in total. The molecule has 1 aliphatic rings. The SMILES string of the molecule is Clc1nncc(SC2CCCCC2)n1. The molecule has 1 aromatic heterocycles. The Labute approximate surface area is 92.7 Å². The maximum atomic E-state index is 5.66. The molecule has 5 heteroatoms. The number of hydrogen-bond acceptors (Lipinski definition) is 4. The number of thioether (sulfide) groups is 1. The Morgan fingerprint density at radius 2 is 2.07 bits per heavy atom. The second-order valence-electron chi connectivity index (χ2n) is 3.44. The van der Waals surface area contributed by atoms with Gasteiger partial charge in [-0.25, -0.2) is 4.98 Å². The van der Waals surface area contributed by atoms with Crippen LogP contribution in [0.15, 0.2) is 11.2 Å². The van der Waals surface area contributed by atoms with Crippen LogP contribution in [0.2, 0.25) is 5.28 Å². The fourth-order valence-corrected chi connectivity index (χ4v) is 3.02. The molecule has 0 atom stereocenters. The van der Waals surface area contributed by atoms with E-state index in [0.717, 1.165) is 5.03 Å². The highest BCUT2D eigenvalue weighted by Gasteiger charge is 2.15. The molecule has 0 amide bonds. The normalized spacial score (nSPS) is 18.4. The van der Waals surface area contributed by atoms with Crippen molar-refractivity contribution in [3.63, 3.8) is 0 Å². The average Bonchev–Trinajstić information content (AvgIpc) is 2.19. The Morgan fingerprint density at radius 1 is 1.29 bits per heavy atom. The molecule has 1 aromatic rings. The molecule has 1 saturated carbocycles. The zero-order chi connectivity index (χ0) is 9.80. The molecule has 1 heterocycles. The van der Waals surface area contributed by atoms with Crippen LogP contribution >= 0.6 is 23.4 Å². The second-order valence-corrected chi connectivity index (χ2v) is 5.10. The van der Waals surface area contributed by atoms with Crippen molar-refractivity contribution in [2.75, 3.05) is 0 Å². The number of rotatable bonds is 2. The first-order valence-electron chi connectivity index (χ1n) is 4.86. The molecule has 0 radical (unpaired) electrons. The van der Waals surface area contributed by atoms with Gasteiger partial charge < -0.3 is 0 Å². The van der Waals surface area contributed by atoms with E-state index < -0.39 is 0 Å². The van der Waals surface area contributed by atoms with Crippen LogP contribution < -0.4 is 0 Å². The summed E-state index contributed by atoms with van der Waals surface area (Å²) in [7, 11) is 0. The van der Waals surface area contributed by atoms with Gasteiger partial charge in [-0.1, -0.05) is 19.3 Å². The first-order chi connectivity index (χ1) is 6.84. The largest absolute Gasteiger partial charge is 0.244 e. The van der Waals surface area contributed by atoms with Crippen LogP contribution in [-0.4, -0.2) is 20.4 Å². The summed E-state index contributed by atoms with van der Waals surface area (Å²) in [6, 6.07) is 0. The van der Waals surface area contributed by atoms with Gasteiger partial charge in [0.15, 0.2) is 0 Å². The van der Waals surface area contributed by atoms with E-state index in [1.54, 1.807) is 18.0 Å². The lowest BCUT2D eigenvalue weighted by Crippen LogP contribution is -2.08. The number of aromatic nitrogens is 3. The van der Waals surface area contributed by atoms with E-state index in [-0.39, 0.29) is 5.28 Å². The van der Waals surface area contributed by atoms with Crippen molar-refractivity contribution in [2.45, 2.75) is 42.4 Å². The third-order valence-corrected chi connectivity index (χ3v) is 3.75. The Bertz CT molecular complexity index is 302. The molecule has 1 aliphatic carbocycles. The van der Waals surface area contributed by atoms with Gasteiger partial charge in [-0.15, -0.1) is 16.9 Å². The summed E-state index contributed by atoms with van der Waals surface area (Å²) in [6.45, 7) is 0. The first kappa shape index (κ1) is 10.2. The van der Waals surface area contributed by atoms with Crippen LogP contribution in [0.3, 0.4) is 0 Å². The van der Waals surface area contributed by atoms with Gasteiger partial charge in [0, 0.05) is 5.25 Å². The highest BCUT2D eigenvalue weighted by Crippen LogP contribution is 2.32. The predicted octanol–water partition coefficient (Wildman–Crippen LogP) is 2.95. The van der Waals surface area contributed by atoms with Crippen molar-refractivity contribution in [1.29, 1.82) is 0 Å². The Hall–Kier alpha value is -0.350. The Kier molecular flexibility index (Phi) is 3.59. The maximum absolute atomic E-state index is 5.66. The van der Waals surface area contributed by atoms with Gasteiger partial charge in [0.25, 0.3) is 0 Å². The summed E-state index contributed by atoms with van der Waals surface area (Å²) in [5.74, 6) is 0. The summed E-state index contributed by atoms with van der Waals surface area (Å²) in [5, 5.41) is 9.24. The van der Waals surface area contributed by atoms with Crippen LogP contribution in [0.25, 0.3) is 0 Å². The standard InChI is InChI=1S/C9H12ClN3S/c10-9-12-8(6-11-13-9)14-7-4-2-1-3-5-7/h6-7H,1-5H2. The van der Waals surface area contributed by atoms with E-state index in [1.165, 1.54) is 32.1 Å². The van der Waals surface area contributed by atoms with Gasteiger partial charge in [0.05, 0.1) is 6.20 Å². The van der Waals surface area contributed by atoms with Crippen LogP contribution in [-0.2, 0) is 0 Å². The first-order valence-corrected chi connectivity index (χ1v) is 6.12. The Balaban J connectivity index is 1.95. The molecular weight excluding hydrogens is 218 g/mol. The zero-order valence-corrected chi connectivity index (χ0v) is 9.39. The predicted molar refractivity (Wildman–Crippen MR) is 57.6 cm³/mol. The third-order valence-electron chi connectivity index (χ3n) is 2.35. The lowest BCUT2D eigenvalue weighted by molar-refractivity contribution is 0.515. The molecule has 0 aromatic carbocycles. The summed E-state index contributed by atoms with van der Waals surface area (Å²) in [5.41, 5.74) is 0.